The number of anilines is 1. The minimum absolute atomic E-state index is 0.00950. The number of ether oxygens (including phenoxy) is 4. The van der Waals surface area contributed by atoms with Crippen LogP contribution in [0.15, 0.2) is 30.3 Å². The first kappa shape index (κ1) is 37.0. The SMILES string of the molecule is COc1nc(-c2cc(O)cc3cccc(F)c23)c(F)c2nc(OCC34CCCC3N(C3CC(C)OC(C)C3)CC(F)C4)nc(N3CCOCC(C)(O)C3)c12. The molecular weight excluding hydrogens is 703 g/mol. The molecule has 3 aliphatic heterocycles. The molecule has 0 bridgehead atoms. The molecule has 6 atom stereocenters. The number of phenols is 1. The van der Waals surface area contributed by atoms with Crippen LogP contribution in [0.25, 0.3) is 32.9 Å². The lowest BCUT2D eigenvalue weighted by Gasteiger charge is -2.52. The number of halogens is 3. The second-order valence-corrected chi connectivity index (χ2v) is 16.1. The number of nitrogens with zero attached hydrogens (tertiary/aromatic N) is 5. The molecule has 0 radical (unpaired) electrons. The van der Waals surface area contributed by atoms with E-state index in [0.29, 0.717) is 24.9 Å². The third-order valence-electron chi connectivity index (χ3n) is 11.7. The number of aromatic nitrogens is 3. The summed E-state index contributed by atoms with van der Waals surface area (Å²) in [6.45, 7) is 6.99. The third kappa shape index (κ3) is 6.79. The van der Waals surface area contributed by atoms with Gasteiger partial charge in [0.25, 0.3) is 0 Å². The highest BCUT2D eigenvalue weighted by molar-refractivity contribution is 6.02. The van der Waals surface area contributed by atoms with Gasteiger partial charge in [-0.2, -0.15) is 9.97 Å². The Morgan fingerprint density at radius 2 is 1.87 bits per heavy atom. The molecule has 290 valence electrons. The summed E-state index contributed by atoms with van der Waals surface area (Å²) >= 11 is 0. The van der Waals surface area contributed by atoms with Gasteiger partial charge in [0.2, 0.25) is 5.88 Å². The van der Waals surface area contributed by atoms with Gasteiger partial charge in [0.1, 0.15) is 45.8 Å². The van der Waals surface area contributed by atoms with Crippen molar-refractivity contribution in [1.29, 1.82) is 0 Å². The Morgan fingerprint density at radius 1 is 1.07 bits per heavy atom. The van der Waals surface area contributed by atoms with Gasteiger partial charge in [-0.05, 0) is 76.5 Å². The number of aliphatic hydroxyl groups is 1. The van der Waals surface area contributed by atoms with Crippen molar-refractivity contribution in [2.75, 3.05) is 51.5 Å². The van der Waals surface area contributed by atoms with E-state index >= 15 is 13.2 Å². The molecule has 2 aromatic carbocycles. The zero-order valence-corrected chi connectivity index (χ0v) is 31.2. The summed E-state index contributed by atoms with van der Waals surface area (Å²) in [6, 6.07) is 7.18. The van der Waals surface area contributed by atoms with Crippen molar-refractivity contribution in [2.24, 2.45) is 5.41 Å². The molecule has 4 aliphatic rings. The lowest BCUT2D eigenvalue weighted by Crippen LogP contribution is -2.60. The van der Waals surface area contributed by atoms with Crippen molar-refractivity contribution >= 4 is 27.5 Å². The number of methoxy groups -OCH3 is 1. The van der Waals surface area contributed by atoms with Crippen LogP contribution in [0.5, 0.6) is 17.6 Å². The second kappa shape index (κ2) is 14.3. The zero-order valence-electron chi connectivity index (χ0n) is 31.2. The van der Waals surface area contributed by atoms with Crippen LogP contribution in [0.1, 0.15) is 59.3 Å². The summed E-state index contributed by atoms with van der Waals surface area (Å²) in [4.78, 5) is 18.1. The number of rotatable bonds is 7. The average molecular weight is 752 g/mol. The Morgan fingerprint density at radius 3 is 2.65 bits per heavy atom. The number of phenolic OH excluding ortho intramolecular Hbond substituents is 1. The Bertz CT molecular complexity index is 2050. The summed E-state index contributed by atoms with van der Waals surface area (Å²) in [7, 11) is 1.38. The summed E-state index contributed by atoms with van der Waals surface area (Å²) < 4.78 is 72.3. The number of piperidine rings is 1. The van der Waals surface area contributed by atoms with Gasteiger partial charge in [0.15, 0.2) is 5.82 Å². The van der Waals surface area contributed by atoms with E-state index in [-0.39, 0.29) is 102 Å². The fourth-order valence-electron chi connectivity index (χ4n) is 9.68. The van der Waals surface area contributed by atoms with E-state index in [1.165, 1.54) is 31.4 Å². The maximum atomic E-state index is 17.2. The Balaban J connectivity index is 1.24. The molecule has 4 fully saturated rings. The van der Waals surface area contributed by atoms with Crippen LogP contribution in [0.3, 0.4) is 0 Å². The Kier molecular flexibility index (Phi) is 9.77. The molecule has 8 rings (SSSR count). The molecule has 2 aromatic heterocycles. The van der Waals surface area contributed by atoms with Gasteiger partial charge in [-0.1, -0.05) is 18.6 Å². The molecular formula is C40H48F3N5O6. The molecule has 6 unspecified atom stereocenters. The minimum Gasteiger partial charge on any atom is -0.508 e. The largest absolute Gasteiger partial charge is 0.508 e. The average Bonchev–Trinajstić information content (AvgIpc) is 3.45. The molecule has 0 amide bonds. The van der Waals surface area contributed by atoms with E-state index < -0.39 is 28.8 Å². The first-order valence-electron chi connectivity index (χ1n) is 18.9. The summed E-state index contributed by atoms with van der Waals surface area (Å²) in [5.74, 6) is -1.56. The monoisotopic (exact) mass is 751 g/mol. The van der Waals surface area contributed by atoms with Crippen molar-refractivity contribution in [3.05, 3.63) is 42.0 Å². The van der Waals surface area contributed by atoms with Gasteiger partial charge in [-0.3, -0.25) is 4.90 Å². The van der Waals surface area contributed by atoms with Crippen LogP contribution in [-0.4, -0.2) is 113 Å². The van der Waals surface area contributed by atoms with Gasteiger partial charge in [-0.15, -0.1) is 0 Å². The van der Waals surface area contributed by atoms with E-state index in [0.717, 1.165) is 32.1 Å². The lowest BCUT2D eigenvalue weighted by molar-refractivity contribution is -0.110. The molecule has 1 saturated carbocycles. The standard InChI is InChI=1S/C40H48F3N5O6/c1-22-13-26(14-23(2)54-22)48-18-25(41)17-40(10-6-9-30(40)48)21-53-38-45-35-32(36(46-38)47-11-12-52-20-39(3,50)19-47)37(51-4)44-34(33(35)43)28-16-27(49)15-24-7-5-8-29(42)31(24)28/h5,7-8,15-16,22-23,25-26,30,49-50H,6,9-14,17-21H2,1-4H3. The first-order valence-corrected chi connectivity index (χ1v) is 18.9. The predicted octanol–water partition coefficient (Wildman–Crippen LogP) is 6.34. The van der Waals surface area contributed by atoms with Crippen LogP contribution < -0.4 is 14.4 Å². The second-order valence-electron chi connectivity index (χ2n) is 16.1. The van der Waals surface area contributed by atoms with Crippen molar-refractivity contribution in [3.8, 4) is 28.9 Å². The smallest absolute Gasteiger partial charge is 0.319 e. The summed E-state index contributed by atoms with van der Waals surface area (Å²) in [6.07, 6.45) is 3.73. The topological polar surface area (TPSA) is 123 Å². The Labute approximate surface area is 312 Å². The van der Waals surface area contributed by atoms with Crippen LogP contribution in [0.2, 0.25) is 0 Å². The fourth-order valence-corrected chi connectivity index (χ4v) is 9.68. The molecule has 14 heteroatoms. The minimum atomic E-state index is -1.27. The maximum Gasteiger partial charge on any atom is 0.319 e. The highest BCUT2D eigenvalue weighted by atomic mass is 19.1. The number of hydrogen-bond acceptors (Lipinski definition) is 11. The fraction of sp³-hybridized carbons (Fsp3) is 0.575. The molecule has 2 N–H and O–H groups in total. The van der Waals surface area contributed by atoms with Crippen LogP contribution in [-0.2, 0) is 9.47 Å². The molecule has 3 saturated heterocycles. The van der Waals surface area contributed by atoms with Gasteiger partial charge < -0.3 is 34.1 Å². The van der Waals surface area contributed by atoms with E-state index in [1.807, 2.05) is 0 Å². The lowest BCUT2D eigenvalue weighted by atomic mass is 9.73. The number of hydrogen-bond donors (Lipinski definition) is 2. The van der Waals surface area contributed by atoms with Crippen LogP contribution in [0, 0.1) is 17.0 Å². The summed E-state index contributed by atoms with van der Waals surface area (Å²) in [5.41, 5.74) is -2.27. The van der Waals surface area contributed by atoms with Crippen LogP contribution in [0.4, 0.5) is 19.0 Å². The number of fused-ring (bicyclic) bond motifs is 3. The van der Waals surface area contributed by atoms with E-state index in [2.05, 4.69) is 28.7 Å². The highest BCUT2D eigenvalue weighted by Crippen LogP contribution is 2.50. The number of alkyl halides is 1. The van der Waals surface area contributed by atoms with Crippen LogP contribution >= 0.6 is 0 Å². The normalized spacial score (nSPS) is 30.7. The highest BCUT2D eigenvalue weighted by Gasteiger charge is 2.53. The third-order valence-corrected chi connectivity index (χ3v) is 11.7. The van der Waals surface area contributed by atoms with Gasteiger partial charge >= 0.3 is 6.01 Å². The molecule has 5 heterocycles. The number of likely N-dealkylation sites (tertiary alicyclic amines) is 1. The first-order chi connectivity index (χ1) is 25.8. The van der Waals surface area contributed by atoms with E-state index in [9.17, 15) is 10.2 Å². The molecule has 4 aromatic rings. The number of β-amino-alcohol motifs (C(OH)–C–C–N with tert-alkyl or cyclic N) is 1. The van der Waals surface area contributed by atoms with Crippen molar-refractivity contribution in [3.63, 3.8) is 0 Å². The van der Waals surface area contributed by atoms with E-state index in [4.69, 9.17) is 23.9 Å². The van der Waals surface area contributed by atoms with Gasteiger partial charge in [-0.25, -0.2) is 18.2 Å². The number of benzene rings is 2. The summed E-state index contributed by atoms with van der Waals surface area (Å²) in [5, 5.41) is 22.3. The molecule has 0 spiro atoms. The van der Waals surface area contributed by atoms with Crippen molar-refractivity contribution in [2.45, 2.75) is 95.4 Å². The quantitative estimate of drug-likeness (QED) is 0.220. The molecule has 11 nitrogen and oxygen atoms in total. The number of aromatic hydroxyl groups is 1. The predicted molar refractivity (Wildman–Crippen MR) is 197 cm³/mol. The molecule has 54 heavy (non-hydrogen) atoms. The molecule has 1 aliphatic carbocycles. The Hall–Kier alpha value is -3.98. The number of pyridine rings is 1. The zero-order chi connectivity index (χ0) is 37.9. The van der Waals surface area contributed by atoms with Crippen molar-refractivity contribution < 1.29 is 42.3 Å². The van der Waals surface area contributed by atoms with Crippen molar-refractivity contribution in [1.82, 2.24) is 19.9 Å². The van der Waals surface area contributed by atoms with Gasteiger partial charge in [0.05, 0.1) is 45.7 Å². The maximum absolute atomic E-state index is 17.2. The van der Waals surface area contributed by atoms with Gasteiger partial charge in [0, 0.05) is 41.5 Å². The van der Waals surface area contributed by atoms with E-state index in [1.54, 1.807) is 17.9 Å².